The van der Waals surface area contributed by atoms with Crippen LogP contribution in [0.25, 0.3) is 0 Å². The van der Waals surface area contributed by atoms with E-state index in [4.69, 9.17) is 0 Å². The molecule has 2 rings (SSSR count). The molecule has 0 bridgehead atoms. The Morgan fingerprint density at radius 2 is 1.44 bits per heavy atom. The van der Waals surface area contributed by atoms with Crippen molar-refractivity contribution in [3.8, 4) is 0 Å². The number of nitrogens with one attached hydrogen (secondary N) is 1. The highest BCUT2D eigenvalue weighted by atomic mass is 16.4. The number of amides is 3. The summed E-state index contributed by atoms with van der Waals surface area (Å²) in [4.78, 5) is 50.2. The van der Waals surface area contributed by atoms with Gasteiger partial charge in [0.1, 0.15) is 12.1 Å². The fourth-order valence-corrected chi connectivity index (χ4v) is 2.93. The predicted octanol–water partition coefficient (Wildman–Crippen LogP) is 1.53. The number of carbonyl (C=O) groups excluding carboxylic acids is 3. The summed E-state index contributed by atoms with van der Waals surface area (Å²) >= 11 is 0. The van der Waals surface area contributed by atoms with Gasteiger partial charge < -0.3 is 10.4 Å². The molecule has 0 saturated heterocycles. The number of carboxylic acids is 1. The number of nitrogens with zero attached hydrogens (tertiary/aromatic N) is 1. The van der Waals surface area contributed by atoms with Crippen LogP contribution in [0.1, 0.15) is 48.4 Å². The third-order valence-corrected chi connectivity index (χ3v) is 4.23. The summed E-state index contributed by atoms with van der Waals surface area (Å²) in [6.07, 6.45) is 0. The van der Waals surface area contributed by atoms with E-state index in [-0.39, 0.29) is 23.0 Å². The fraction of sp³-hybridized carbons (Fsp3) is 0.444. The summed E-state index contributed by atoms with van der Waals surface area (Å²) in [5.74, 6) is -3.59. The van der Waals surface area contributed by atoms with E-state index in [0.29, 0.717) is 0 Å². The van der Waals surface area contributed by atoms with Gasteiger partial charge in [-0.2, -0.15) is 0 Å². The summed E-state index contributed by atoms with van der Waals surface area (Å²) in [6.45, 7) is 6.76. The maximum absolute atomic E-state index is 12.7. The highest BCUT2D eigenvalue weighted by Gasteiger charge is 2.44. The Balaban J connectivity index is 2.33. The number of hydrogen-bond donors (Lipinski definition) is 2. The average molecular weight is 346 g/mol. The first-order valence-corrected chi connectivity index (χ1v) is 8.16. The quantitative estimate of drug-likeness (QED) is 0.760. The minimum atomic E-state index is -1.16. The van der Waals surface area contributed by atoms with Gasteiger partial charge in [0, 0.05) is 0 Å². The van der Waals surface area contributed by atoms with Crippen LogP contribution in [0, 0.1) is 11.8 Å². The molecule has 0 spiro atoms. The molecular weight excluding hydrogens is 324 g/mol. The molecule has 1 aliphatic heterocycles. The van der Waals surface area contributed by atoms with Crippen LogP contribution in [0.5, 0.6) is 0 Å². The Bertz CT molecular complexity index is 691. The van der Waals surface area contributed by atoms with Crippen LogP contribution in [-0.2, 0) is 9.59 Å². The minimum absolute atomic E-state index is 0.254. The molecule has 0 aromatic heterocycles. The lowest BCUT2D eigenvalue weighted by Crippen LogP contribution is -2.56. The number of fused-ring (bicyclic) bond motifs is 1. The second kappa shape index (κ2) is 7.04. The third-order valence-electron chi connectivity index (χ3n) is 4.23. The van der Waals surface area contributed by atoms with Crippen LogP contribution >= 0.6 is 0 Å². The van der Waals surface area contributed by atoms with Gasteiger partial charge in [-0.25, -0.2) is 4.79 Å². The van der Waals surface area contributed by atoms with Gasteiger partial charge in [0.15, 0.2) is 0 Å². The highest BCUT2D eigenvalue weighted by molar-refractivity contribution is 6.22. The van der Waals surface area contributed by atoms with Crippen LogP contribution in [-0.4, -0.2) is 45.8 Å². The molecule has 7 nitrogen and oxygen atoms in total. The van der Waals surface area contributed by atoms with E-state index in [1.807, 2.05) is 0 Å². The van der Waals surface area contributed by atoms with Crippen molar-refractivity contribution >= 4 is 23.7 Å². The van der Waals surface area contributed by atoms with Gasteiger partial charge in [-0.05, 0) is 24.0 Å². The summed E-state index contributed by atoms with van der Waals surface area (Å²) in [7, 11) is 0. The fourth-order valence-electron chi connectivity index (χ4n) is 2.93. The zero-order chi connectivity index (χ0) is 18.9. The van der Waals surface area contributed by atoms with Crippen LogP contribution in [0.3, 0.4) is 0 Å². The van der Waals surface area contributed by atoms with E-state index in [9.17, 15) is 24.3 Å². The maximum atomic E-state index is 12.7. The second-order valence-corrected chi connectivity index (χ2v) is 6.78. The van der Waals surface area contributed by atoms with Gasteiger partial charge in [-0.3, -0.25) is 19.3 Å². The second-order valence-electron chi connectivity index (χ2n) is 6.78. The van der Waals surface area contributed by atoms with Gasteiger partial charge in [0.2, 0.25) is 5.91 Å². The molecule has 1 heterocycles. The number of hydrogen-bond acceptors (Lipinski definition) is 4. The molecule has 0 saturated carbocycles. The Hall–Kier alpha value is -2.70. The minimum Gasteiger partial charge on any atom is -0.480 e. The molecule has 25 heavy (non-hydrogen) atoms. The summed E-state index contributed by atoms with van der Waals surface area (Å²) < 4.78 is 0. The van der Waals surface area contributed by atoms with Crippen LogP contribution in [0.15, 0.2) is 24.3 Å². The van der Waals surface area contributed by atoms with Crippen molar-refractivity contribution in [1.29, 1.82) is 0 Å². The molecule has 0 radical (unpaired) electrons. The zero-order valence-electron chi connectivity index (χ0n) is 14.6. The number of benzene rings is 1. The third kappa shape index (κ3) is 3.40. The first-order valence-electron chi connectivity index (χ1n) is 8.16. The van der Waals surface area contributed by atoms with Gasteiger partial charge in [-0.15, -0.1) is 0 Å². The first kappa shape index (κ1) is 18.6. The zero-order valence-corrected chi connectivity index (χ0v) is 14.6. The molecule has 1 aromatic carbocycles. The van der Waals surface area contributed by atoms with E-state index in [1.54, 1.807) is 52.0 Å². The predicted molar refractivity (Wildman–Crippen MR) is 90.0 cm³/mol. The highest BCUT2D eigenvalue weighted by Crippen LogP contribution is 2.27. The maximum Gasteiger partial charge on any atom is 0.326 e. The van der Waals surface area contributed by atoms with Crippen molar-refractivity contribution in [2.24, 2.45) is 11.8 Å². The molecule has 0 fully saturated rings. The summed E-state index contributed by atoms with van der Waals surface area (Å²) in [5, 5.41) is 11.7. The lowest BCUT2D eigenvalue weighted by molar-refractivity contribution is -0.144. The smallest absolute Gasteiger partial charge is 0.326 e. The van der Waals surface area contributed by atoms with Crippen LogP contribution in [0.2, 0.25) is 0 Å². The van der Waals surface area contributed by atoms with Crippen molar-refractivity contribution in [2.45, 2.75) is 39.8 Å². The molecule has 0 aliphatic carbocycles. The molecule has 3 amide bonds. The van der Waals surface area contributed by atoms with E-state index in [0.717, 1.165) is 4.90 Å². The summed E-state index contributed by atoms with van der Waals surface area (Å²) in [6, 6.07) is 4.21. The molecule has 1 aromatic rings. The lowest BCUT2D eigenvalue weighted by atomic mass is 9.99. The van der Waals surface area contributed by atoms with Crippen molar-refractivity contribution in [1.82, 2.24) is 10.2 Å². The lowest BCUT2D eigenvalue weighted by Gasteiger charge is -2.30. The van der Waals surface area contributed by atoms with E-state index in [1.165, 1.54) is 0 Å². The monoisotopic (exact) mass is 346 g/mol. The molecule has 1 aliphatic rings. The van der Waals surface area contributed by atoms with E-state index in [2.05, 4.69) is 5.32 Å². The van der Waals surface area contributed by atoms with Gasteiger partial charge in [0.05, 0.1) is 11.1 Å². The Morgan fingerprint density at radius 3 is 1.80 bits per heavy atom. The Morgan fingerprint density at radius 1 is 0.960 bits per heavy atom. The van der Waals surface area contributed by atoms with Gasteiger partial charge in [0.25, 0.3) is 11.8 Å². The molecule has 7 heteroatoms. The van der Waals surface area contributed by atoms with E-state index < -0.39 is 35.8 Å². The van der Waals surface area contributed by atoms with Crippen LogP contribution < -0.4 is 5.32 Å². The van der Waals surface area contributed by atoms with Crippen LogP contribution in [0.4, 0.5) is 0 Å². The number of rotatable bonds is 6. The molecule has 2 N–H and O–H groups in total. The first-order chi connectivity index (χ1) is 11.7. The van der Waals surface area contributed by atoms with Crippen molar-refractivity contribution in [3.63, 3.8) is 0 Å². The van der Waals surface area contributed by atoms with E-state index >= 15 is 0 Å². The van der Waals surface area contributed by atoms with Crippen molar-refractivity contribution in [3.05, 3.63) is 35.4 Å². The van der Waals surface area contributed by atoms with Gasteiger partial charge >= 0.3 is 5.97 Å². The number of carboxylic acid groups (broad SMARTS) is 1. The molecule has 2 atom stereocenters. The molecule has 134 valence electrons. The van der Waals surface area contributed by atoms with Crippen molar-refractivity contribution in [2.75, 3.05) is 0 Å². The molecular formula is C18H22N2O5. The molecule has 1 unspecified atom stereocenters. The number of carbonyl (C=O) groups is 4. The van der Waals surface area contributed by atoms with Crippen molar-refractivity contribution < 1.29 is 24.3 Å². The topological polar surface area (TPSA) is 104 Å². The van der Waals surface area contributed by atoms with Gasteiger partial charge in [-0.1, -0.05) is 39.8 Å². The standard InChI is InChI=1S/C18H22N2O5/c1-9(2)13(18(24)25)19-15(21)14(10(3)4)20-16(22)11-7-5-6-8-12(11)17(20)23/h5-10,13-14H,1-4H3,(H,19,21)(H,24,25)/t13?,14-/m1/s1. The normalized spacial score (nSPS) is 16.2. The Labute approximate surface area is 146 Å². The number of aliphatic carboxylic acids is 1. The number of imide groups is 1. The largest absolute Gasteiger partial charge is 0.480 e. The Kier molecular flexibility index (Phi) is 5.25. The average Bonchev–Trinajstić information content (AvgIpc) is 2.77. The SMILES string of the molecule is CC(C)C(NC(=O)[C@@H](C(C)C)N1C(=O)c2ccccc2C1=O)C(=O)O. The summed E-state index contributed by atoms with van der Waals surface area (Å²) in [5.41, 5.74) is 0.509.